The van der Waals surface area contributed by atoms with E-state index in [1.807, 2.05) is 18.5 Å². The molecule has 3 heterocycles. The van der Waals surface area contributed by atoms with Crippen molar-refractivity contribution in [1.29, 1.82) is 0 Å². The van der Waals surface area contributed by atoms with Gasteiger partial charge in [-0.3, -0.25) is 9.97 Å². The highest BCUT2D eigenvalue weighted by Gasteiger charge is 2.22. The summed E-state index contributed by atoms with van der Waals surface area (Å²) in [5.74, 6) is 0.609. The number of pyridine rings is 2. The van der Waals surface area contributed by atoms with Crippen molar-refractivity contribution < 1.29 is 4.74 Å². The predicted octanol–water partition coefficient (Wildman–Crippen LogP) is 3.65. The van der Waals surface area contributed by atoms with Gasteiger partial charge in [0.05, 0.1) is 17.8 Å². The number of ether oxygens (including phenoxy) is 1. The molecule has 0 N–H and O–H groups in total. The molecule has 5 heteroatoms. The molecule has 4 nitrogen and oxygen atoms in total. The van der Waals surface area contributed by atoms with Gasteiger partial charge in [-0.2, -0.15) is 0 Å². The number of nitrogens with zero attached hydrogens (tertiary/aromatic N) is 3. The summed E-state index contributed by atoms with van der Waals surface area (Å²) in [6, 6.07) is 4.10. The van der Waals surface area contributed by atoms with Crippen LogP contribution in [0.1, 0.15) is 19.8 Å². The second kappa shape index (κ2) is 6.71. The highest BCUT2D eigenvalue weighted by Crippen LogP contribution is 2.29. The van der Waals surface area contributed by atoms with Crippen molar-refractivity contribution in [2.24, 2.45) is 5.92 Å². The molecular formula is C16H20BrN3O. The molecule has 1 saturated heterocycles. The van der Waals surface area contributed by atoms with E-state index in [1.54, 1.807) is 0 Å². The molecule has 0 aliphatic carbocycles. The Hall–Kier alpha value is -1.20. The zero-order valence-corrected chi connectivity index (χ0v) is 13.8. The van der Waals surface area contributed by atoms with Crippen LogP contribution in [-0.4, -0.2) is 36.3 Å². The molecule has 2 aromatic heterocycles. The van der Waals surface area contributed by atoms with Crippen LogP contribution in [0, 0.1) is 5.92 Å². The van der Waals surface area contributed by atoms with Crippen LogP contribution < -0.4 is 4.90 Å². The Morgan fingerprint density at radius 3 is 3.19 bits per heavy atom. The number of hydrogen-bond acceptors (Lipinski definition) is 4. The Morgan fingerprint density at radius 2 is 2.33 bits per heavy atom. The second-order valence-corrected chi connectivity index (χ2v) is 6.38. The fourth-order valence-corrected chi connectivity index (χ4v) is 3.27. The first-order valence-corrected chi connectivity index (χ1v) is 8.30. The van der Waals surface area contributed by atoms with Crippen molar-refractivity contribution in [1.82, 2.24) is 9.97 Å². The lowest BCUT2D eigenvalue weighted by atomic mass is 9.98. The molecule has 1 fully saturated rings. The molecular weight excluding hydrogens is 330 g/mol. The third kappa shape index (κ3) is 3.35. The van der Waals surface area contributed by atoms with Crippen LogP contribution in [0.15, 0.2) is 29.0 Å². The molecule has 2 aromatic rings. The lowest BCUT2D eigenvalue weighted by molar-refractivity contribution is 0.104. The van der Waals surface area contributed by atoms with Gasteiger partial charge in [0.2, 0.25) is 0 Å². The van der Waals surface area contributed by atoms with Crippen LogP contribution in [0.2, 0.25) is 0 Å². The van der Waals surface area contributed by atoms with Gasteiger partial charge in [0.15, 0.2) is 0 Å². The average Bonchev–Trinajstić information content (AvgIpc) is 2.52. The Morgan fingerprint density at radius 1 is 1.43 bits per heavy atom. The van der Waals surface area contributed by atoms with Gasteiger partial charge in [0.1, 0.15) is 5.52 Å². The predicted molar refractivity (Wildman–Crippen MR) is 88.7 cm³/mol. The summed E-state index contributed by atoms with van der Waals surface area (Å²) < 4.78 is 6.56. The van der Waals surface area contributed by atoms with Gasteiger partial charge in [-0.1, -0.05) is 0 Å². The van der Waals surface area contributed by atoms with Crippen LogP contribution in [0.3, 0.4) is 0 Å². The maximum Gasteiger partial charge on any atom is 0.112 e. The van der Waals surface area contributed by atoms with E-state index in [0.29, 0.717) is 5.92 Å². The van der Waals surface area contributed by atoms with Crippen molar-refractivity contribution in [3.63, 3.8) is 0 Å². The van der Waals surface area contributed by atoms with Crippen LogP contribution in [0.25, 0.3) is 11.0 Å². The van der Waals surface area contributed by atoms with E-state index in [1.165, 1.54) is 18.5 Å². The van der Waals surface area contributed by atoms with Crippen LogP contribution >= 0.6 is 15.9 Å². The van der Waals surface area contributed by atoms with E-state index in [9.17, 15) is 0 Å². The fraction of sp³-hybridized carbons (Fsp3) is 0.500. The first-order valence-electron chi connectivity index (χ1n) is 7.51. The van der Waals surface area contributed by atoms with Gasteiger partial charge in [-0.15, -0.1) is 0 Å². The molecule has 0 saturated carbocycles. The summed E-state index contributed by atoms with van der Waals surface area (Å²) in [4.78, 5) is 11.4. The highest BCUT2D eigenvalue weighted by molar-refractivity contribution is 9.10. The van der Waals surface area contributed by atoms with Crippen molar-refractivity contribution in [2.45, 2.75) is 19.8 Å². The minimum atomic E-state index is 0.609. The van der Waals surface area contributed by atoms with Crippen LogP contribution in [-0.2, 0) is 4.74 Å². The number of halogens is 1. The topological polar surface area (TPSA) is 38.2 Å². The van der Waals surface area contributed by atoms with Gasteiger partial charge in [0.25, 0.3) is 0 Å². The van der Waals surface area contributed by atoms with Crippen LogP contribution in [0.5, 0.6) is 0 Å². The van der Waals surface area contributed by atoms with Crippen molar-refractivity contribution in [3.05, 3.63) is 29.0 Å². The molecule has 112 valence electrons. The summed E-state index contributed by atoms with van der Waals surface area (Å²) in [5.41, 5.74) is 3.11. The van der Waals surface area contributed by atoms with E-state index in [-0.39, 0.29) is 0 Å². The maximum absolute atomic E-state index is 5.60. The third-order valence-corrected chi connectivity index (χ3v) is 4.37. The SMILES string of the molecule is CCOCC1CCCN(c2ccnc3cc(Br)cnc23)C1. The van der Waals surface area contributed by atoms with Gasteiger partial charge in [-0.25, -0.2) is 0 Å². The Bertz CT molecular complexity index is 619. The first kappa shape index (κ1) is 14.7. The Labute approximate surface area is 133 Å². The number of piperidine rings is 1. The van der Waals surface area contributed by atoms with Gasteiger partial charge < -0.3 is 9.64 Å². The van der Waals surface area contributed by atoms with E-state index in [0.717, 1.165) is 41.8 Å². The van der Waals surface area contributed by atoms with E-state index in [4.69, 9.17) is 4.74 Å². The number of rotatable bonds is 4. The number of fused-ring (bicyclic) bond motifs is 1. The van der Waals surface area contributed by atoms with Gasteiger partial charge >= 0.3 is 0 Å². The van der Waals surface area contributed by atoms with Crippen LogP contribution in [0.4, 0.5) is 5.69 Å². The summed E-state index contributed by atoms with van der Waals surface area (Å²) >= 11 is 3.46. The molecule has 0 bridgehead atoms. The number of aromatic nitrogens is 2. The minimum absolute atomic E-state index is 0.609. The summed E-state index contributed by atoms with van der Waals surface area (Å²) in [7, 11) is 0. The average molecular weight is 350 g/mol. The Balaban J connectivity index is 1.86. The fourth-order valence-electron chi connectivity index (χ4n) is 2.95. The van der Waals surface area contributed by atoms with Gasteiger partial charge in [0, 0.05) is 36.6 Å². The molecule has 0 radical (unpaired) electrons. The molecule has 1 unspecified atom stereocenters. The Kier molecular flexibility index (Phi) is 4.70. The highest BCUT2D eigenvalue weighted by atomic mass is 79.9. The summed E-state index contributed by atoms with van der Waals surface area (Å²) in [6.45, 7) is 5.83. The normalized spacial score (nSPS) is 19.1. The van der Waals surface area contributed by atoms with E-state index >= 15 is 0 Å². The monoisotopic (exact) mass is 349 g/mol. The first-order chi connectivity index (χ1) is 10.3. The molecule has 0 amide bonds. The molecule has 1 aliphatic heterocycles. The van der Waals surface area contributed by atoms with Crippen molar-refractivity contribution in [2.75, 3.05) is 31.2 Å². The molecule has 3 rings (SSSR count). The maximum atomic E-state index is 5.60. The quantitative estimate of drug-likeness (QED) is 0.844. The smallest absolute Gasteiger partial charge is 0.112 e. The van der Waals surface area contributed by atoms with Gasteiger partial charge in [-0.05, 0) is 53.7 Å². The summed E-state index contributed by atoms with van der Waals surface area (Å²) in [5, 5.41) is 0. The third-order valence-electron chi connectivity index (χ3n) is 3.94. The lowest BCUT2D eigenvalue weighted by Crippen LogP contribution is -2.37. The summed E-state index contributed by atoms with van der Waals surface area (Å²) in [6.07, 6.45) is 6.17. The zero-order valence-electron chi connectivity index (χ0n) is 12.3. The van der Waals surface area contributed by atoms with E-state index < -0.39 is 0 Å². The molecule has 0 spiro atoms. The zero-order chi connectivity index (χ0) is 14.7. The minimum Gasteiger partial charge on any atom is -0.381 e. The molecule has 21 heavy (non-hydrogen) atoms. The molecule has 0 aromatic carbocycles. The number of anilines is 1. The lowest BCUT2D eigenvalue weighted by Gasteiger charge is -2.34. The largest absolute Gasteiger partial charge is 0.381 e. The van der Waals surface area contributed by atoms with E-state index in [2.05, 4.69) is 43.8 Å². The molecule has 1 atom stereocenters. The van der Waals surface area contributed by atoms with Crippen molar-refractivity contribution >= 4 is 32.7 Å². The van der Waals surface area contributed by atoms with Crippen molar-refractivity contribution in [3.8, 4) is 0 Å². The number of hydrogen-bond donors (Lipinski definition) is 0. The standard InChI is InChI=1S/C16H20BrN3O/c1-2-21-11-12-4-3-7-20(10-12)15-5-6-18-14-8-13(17)9-19-16(14)15/h5-6,8-9,12H,2-4,7,10-11H2,1H3. The second-order valence-electron chi connectivity index (χ2n) is 5.47. The molecule has 1 aliphatic rings.